The molecule has 0 heterocycles. The second kappa shape index (κ2) is 5.98. The van der Waals surface area contributed by atoms with Gasteiger partial charge in [-0.2, -0.15) is 0 Å². The second-order valence-corrected chi connectivity index (χ2v) is 3.88. The van der Waals surface area contributed by atoms with Crippen molar-refractivity contribution in [3.8, 4) is 0 Å². The summed E-state index contributed by atoms with van der Waals surface area (Å²) < 4.78 is 26.0. The molecule has 0 unspecified atom stereocenters. The molecular weight excluding hydrogens is 282 g/mol. The Morgan fingerprint density at radius 2 is 1.88 bits per heavy atom. The van der Waals surface area contributed by atoms with E-state index in [-0.39, 0.29) is 28.0 Å². The second-order valence-electron chi connectivity index (χ2n) is 3.07. The number of aliphatic hydroxyl groups excluding tert-OH is 1. The smallest absolute Gasteiger partial charge is 0.289 e. The summed E-state index contributed by atoms with van der Waals surface area (Å²) in [6, 6.07) is 2.39. The fraction of sp³-hybridized carbons (Fsp3) is 0.333. The van der Waals surface area contributed by atoms with Gasteiger partial charge in [0, 0.05) is 0 Å². The first-order valence-corrected chi connectivity index (χ1v) is 4.83. The zero-order chi connectivity index (χ0) is 11.6. The van der Waals surface area contributed by atoms with Crippen molar-refractivity contribution in [3.05, 3.63) is 33.8 Å². The van der Waals surface area contributed by atoms with Gasteiger partial charge in [-0.25, -0.2) is 8.78 Å². The molecular formula is C9H10Cl3F2NO. The van der Waals surface area contributed by atoms with Gasteiger partial charge in [0.15, 0.2) is 0 Å². The summed E-state index contributed by atoms with van der Waals surface area (Å²) in [5, 5.41) is 8.88. The van der Waals surface area contributed by atoms with Crippen LogP contribution >= 0.6 is 35.6 Å². The van der Waals surface area contributed by atoms with Crippen molar-refractivity contribution in [1.29, 1.82) is 0 Å². The van der Waals surface area contributed by atoms with Gasteiger partial charge in [-0.3, -0.25) is 0 Å². The predicted octanol–water partition coefficient (Wildman–Crippen LogP) is 3.04. The molecule has 0 bridgehead atoms. The molecule has 1 rings (SSSR count). The van der Waals surface area contributed by atoms with Crippen molar-refractivity contribution in [2.75, 3.05) is 6.61 Å². The molecule has 2 nitrogen and oxygen atoms in total. The lowest BCUT2D eigenvalue weighted by molar-refractivity contribution is -0.0711. The SMILES string of the molecule is Cl.N[C@H](c1ccc(Cl)c(Cl)c1)C(F)(F)CO. The molecule has 0 aromatic heterocycles. The lowest BCUT2D eigenvalue weighted by Gasteiger charge is -2.21. The highest BCUT2D eigenvalue weighted by molar-refractivity contribution is 6.42. The number of halogens is 5. The minimum atomic E-state index is -3.38. The van der Waals surface area contributed by atoms with Gasteiger partial charge < -0.3 is 10.8 Å². The quantitative estimate of drug-likeness (QED) is 0.899. The van der Waals surface area contributed by atoms with Crippen molar-refractivity contribution in [2.45, 2.75) is 12.0 Å². The number of alkyl halides is 2. The molecule has 16 heavy (non-hydrogen) atoms. The fourth-order valence-electron chi connectivity index (χ4n) is 1.05. The molecule has 3 N–H and O–H groups in total. The molecule has 0 aliphatic carbocycles. The zero-order valence-electron chi connectivity index (χ0n) is 7.96. The van der Waals surface area contributed by atoms with Gasteiger partial charge in [0.2, 0.25) is 0 Å². The van der Waals surface area contributed by atoms with Crippen LogP contribution in [0.4, 0.5) is 8.78 Å². The summed E-state index contributed by atoms with van der Waals surface area (Å²) in [4.78, 5) is 0. The molecule has 0 saturated heterocycles. The van der Waals surface area contributed by atoms with E-state index in [1.54, 1.807) is 0 Å². The molecule has 1 atom stereocenters. The third-order valence-corrected chi connectivity index (χ3v) is 2.71. The topological polar surface area (TPSA) is 46.2 Å². The first-order chi connectivity index (χ1) is 6.88. The molecule has 1 aromatic rings. The minimum Gasteiger partial charge on any atom is -0.390 e. The van der Waals surface area contributed by atoms with E-state index >= 15 is 0 Å². The number of benzene rings is 1. The Kier molecular flexibility index (Phi) is 5.93. The van der Waals surface area contributed by atoms with Crippen molar-refractivity contribution in [2.24, 2.45) is 5.73 Å². The van der Waals surface area contributed by atoms with Crippen LogP contribution in [0.2, 0.25) is 10.0 Å². The molecule has 0 aliphatic heterocycles. The lowest BCUT2D eigenvalue weighted by Crippen LogP contribution is -2.36. The van der Waals surface area contributed by atoms with E-state index in [9.17, 15) is 8.78 Å². The fourth-order valence-corrected chi connectivity index (χ4v) is 1.35. The molecule has 7 heteroatoms. The minimum absolute atomic E-state index is 0. The molecule has 0 spiro atoms. The molecule has 0 radical (unpaired) electrons. The summed E-state index contributed by atoms with van der Waals surface area (Å²) >= 11 is 11.3. The van der Waals surface area contributed by atoms with Gasteiger partial charge in [-0.15, -0.1) is 12.4 Å². The average Bonchev–Trinajstić information content (AvgIpc) is 2.21. The van der Waals surface area contributed by atoms with Crippen molar-refractivity contribution in [3.63, 3.8) is 0 Å². The number of hydrogen-bond donors (Lipinski definition) is 2. The third-order valence-electron chi connectivity index (χ3n) is 1.97. The van der Waals surface area contributed by atoms with Gasteiger partial charge in [0.1, 0.15) is 6.61 Å². The van der Waals surface area contributed by atoms with E-state index in [1.165, 1.54) is 18.2 Å². The van der Waals surface area contributed by atoms with E-state index in [1.807, 2.05) is 0 Å². The van der Waals surface area contributed by atoms with E-state index in [2.05, 4.69) is 0 Å². The molecule has 0 amide bonds. The summed E-state index contributed by atoms with van der Waals surface area (Å²) in [6.07, 6.45) is 0. The molecule has 0 saturated carbocycles. The van der Waals surface area contributed by atoms with Crippen LogP contribution in [0, 0.1) is 0 Å². The Labute approximate surface area is 108 Å². The first-order valence-electron chi connectivity index (χ1n) is 4.07. The van der Waals surface area contributed by atoms with Crippen LogP contribution in [-0.4, -0.2) is 17.6 Å². The number of rotatable bonds is 3. The van der Waals surface area contributed by atoms with E-state index in [4.69, 9.17) is 34.0 Å². The summed E-state index contributed by atoms with van der Waals surface area (Å²) in [6.45, 7) is -1.31. The van der Waals surface area contributed by atoms with Crippen molar-refractivity contribution >= 4 is 35.6 Å². The molecule has 1 aromatic carbocycles. The van der Waals surface area contributed by atoms with Gasteiger partial charge in [-0.05, 0) is 17.7 Å². The lowest BCUT2D eigenvalue weighted by atomic mass is 10.0. The monoisotopic (exact) mass is 291 g/mol. The first kappa shape index (κ1) is 15.9. The van der Waals surface area contributed by atoms with Gasteiger partial charge >= 0.3 is 0 Å². The van der Waals surface area contributed by atoms with Crippen LogP contribution < -0.4 is 5.73 Å². The van der Waals surface area contributed by atoms with E-state index in [0.29, 0.717) is 0 Å². The van der Waals surface area contributed by atoms with Gasteiger partial charge in [-0.1, -0.05) is 29.3 Å². The Balaban J connectivity index is 0.00000225. The van der Waals surface area contributed by atoms with Crippen LogP contribution in [0.1, 0.15) is 11.6 Å². The summed E-state index contributed by atoms with van der Waals surface area (Å²) in [5.74, 6) is -3.38. The summed E-state index contributed by atoms with van der Waals surface area (Å²) in [7, 11) is 0. The largest absolute Gasteiger partial charge is 0.390 e. The standard InChI is InChI=1S/C9H9Cl2F2NO.ClH/c10-6-2-1-5(3-7(6)11)8(14)9(12,13)4-15;/h1-3,8,15H,4,14H2;1H/t8-;/m1./s1. The highest BCUT2D eigenvalue weighted by Gasteiger charge is 2.37. The Morgan fingerprint density at radius 1 is 1.31 bits per heavy atom. The van der Waals surface area contributed by atoms with Crippen LogP contribution in [0.3, 0.4) is 0 Å². The van der Waals surface area contributed by atoms with Crippen molar-refractivity contribution in [1.82, 2.24) is 0 Å². The zero-order valence-corrected chi connectivity index (χ0v) is 10.3. The molecule has 0 aliphatic rings. The normalized spacial score (nSPS) is 13.1. The van der Waals surface area contributed by atoms with Gasteiger partial charge in [0.25, 0.3) is 5.92 Å². The van der Waals surface area contributed by atoms with Crippen LogP contribution in [0.25, 0.3) is 0 Å². The van der Waals surface area contributed by atoms with Crippen LogP contribution in [0.5, 0.6) is 0 Å². The Hall–Kier alpha value is -0.130. The molecule has 92 valence electrons. The maximum Gasteiger partial charge on any atom is 0.289 e. The van der Waals surface area contributed by atoms with Gasteiger partial charge in [0.05, 0.1) is 16.1 Å². The number of nitrogens with two attached hydrogens (primary N) is 1. The highest BCUT2D eigenvalue weighted by Crippen LogP contribution is 2.32. The van der Waals surface area contributed by atoms with Crippen LogP contribution in [0.15, 0.2) is 18.2 Å². The maximum absolute atomic E-state index is 13.0. The Bertz CT molecular complexity index is 363. The van der Waals surface area contributed by atoms with E-state index in [0.717, 1.165) is 0 Å². The molecule has 0 fully saturated rings. The maximum atomic E-state index is 13.0. The van der Waals surface area contributed by atoms with E-state index < -0.39 is 18.6 Å². The number of hydrogen-bond acceptors (Lipinski definition) is 2. The third kappa shape index (κ3) is 3.43. The van der Waals surface area contributed by atoms with Crippen LogP contribution in [-0.2, 0) is 0 Å². The highest BCUT2D eigenvalue weighted by atomic mass is 35.5. The summed E-state index contributed by atoms with van der Waals surface area (Å²) in [5.41, 5.74) is 5.42. The number of aliphatic hydroxyl groups is 1. The predicted molar refractivity (Wildman–Crippen MR) is 62.7 cm³/mol. The Morgan fingerprint density at radius 3 is 2.31 bits per heavy atom. The average molecular weight is 293 g/mol. The van der Waals surface area contributed by atoms with Crippen molar-refractivity contribution < 1.29 is 13.9 Å².